The van der Waals surface area contributed by atoms with Crippen LogP contribution in [0.1, 0.15) is 27.8 Å². The normalized spacial score (nSPS) is 15.4. The van der Waals surface area contributed by atoms with E-state index in [4.69, 9.17) is 5.73 Å². The Balaban J connectivity index is 1.81. The largest absolute Gasteiger partial charge is 0.416 e. The van der Waals surface area contributed by atoms with Crippen LogP contribution in [0.2, 0.25) is 0 Å². The second-order valence-corrected chi connectivity index (χ2v) is 7.06. The summed E-state index contributed by atoms with van der Waals surface area (Å²) in [6.45, 7) is 3.93. The molecule has 0 saturated heterocycles. The van der Waals surface area contributed by atoms with Crippen LogP contribution in [-0.4, -0.2) is 11.4 Å². The van der Waals surface area contributed by atoms with E-state index in [1.165, 1.54) is 12.1 Å². The number of benzene rings is 2. The quantitative estimate of drug-likeness (QED) is 0.727. The van der Waals surface area contributed by atoms with Gasteiger partial charge in [0.25, 0.3) is 0 Å². The van der Waals surface area contributed by atoms with Crippen LogP contribution in [-0.2, 0) is 25.7 Å². The SMILES string of the molecule is Cc1cc(Br)c2c(c1N)CCN(Cc1cccc(C(F)(F)F)c1)C2. The Hall–Kier alpha value is -1.53. The fourth-order valence-corrected chi connectivity index (χ4v) is 3.88. The maximum atomic E-state index is 12.8. The molecular formula is C18H18BrF3N2. The first-order valence-corrected chi connectivity index (χ1v) is 8.50. The summed E-state index contributed by atoms with van der Waals surface area (Å²) in [6.07, 6.45) is -3.50. The number of hydrogen-bond acceptors (Lipinski definition) is 2. The van der Waals surface area contributed by atoms with Gasteiger partial charge in [0.1, 0.15) is 0 Å². The van der Waals surface area contributed by atoms with Crippen molar-refractivity contribution in [1.82, 2.24) is 4.90 Å². The van der Waals surface area contributed by atoms with E-state index in [0.717, 1.165) is 45.9 Å². The molecule has 0 bridgehead atoms. The lowest BCUT2D eigenvalue weighted by atomic mass is 9.95. The minimum atomic E-state index is -4.31. The first-order chi connectivity index (χ1) is 11.3. The summed E-state index contributed by atoms with van der Waals surface area (Å²) in [5.41, 5.74) is 10.4. The fourth-order valence-electron chi connectivity index (χ4n) is 3.17. The second-order valence-electron chi connectivity index (χ2n) is 6.20. The lowest BCUT2D eigenvalue weighted by Crippen LogP contribution is -2.31. The van der Waals surface area contributed by atoms with Gasteiger partial charge in [-0.25, -0.2) is 0 Å². The average molecular weight is 399 g/mol. The first kappa shape index (κ1) is 17.3. The highest BCUT2D eigenvalue weighted by atomic mass is 79.9. The molecule has 0 unspecified atom stereocenters. The van der Waals surface area contributed by atoms with Gasteiger partial charge in [0.2, 0.25) is 0 Å². The van der Waals surface area contributed by atoms with Crippen LogP contribution in [0, 0.1) is 6.92 Å². The van der Waals surface area contributed by atoms with Gasteiger partial charge in [-0.1, -0.05) is 34.1 Å². The minimum Gasteiger partial charge on any atom is -0.398 e. The van der Waals surface area contributed by atoms with E-state index in [2.05, 4.69) is 20.8 Å². The molecule has 2 N–H and O–H groups in total. The van der Waals surface area contributed by atoms with Gasteiger partial charge in [-0.2, -0.15) is 13.2 Å². The number of halogens is 4. The summed E-state index contributed by atoms with van der Waals surface area (Å²) in [7, 11) is 0. The second kappa shape index (κ2) is 6.41. The summed E-state index contributed by atoms with van der Waals surface area (Å²) in [4.78, 5) is 2.15. The molecule has 0 fully saturated rings. The molecule has 0 atom stereocenters. The molecule has 2 aromatic carbocycles. The molecule has 0 aromatic heterocycles. The molecule has 6 heteroatoms. The summed E-state index contributed by atoms with van der Waals surface area (Å²) >= 11 is 3.59. The lowest BCUT2D eigenvalue weighted by molar-refractivity contribution is -0.137. The van der Waals surface area contributed by atoms with Crippen molar-refractivity contribution in [1.29, 1.82) is 0 Å². The highest BCUT2D eigenvalue weighted by Crippen LogP contribution is 2.34. The van der Waals surface area contributed by atoms with E-state index in [1.54, 1.807) is 6.07 Å². The molecule has 0 spiro atoms. The highest BCUT2D eigenvalue weighted by Gasteiger charge is 2.30. The number of nitrogens with zero attached hydrogens (tertiary/aromatic N) is 1. The Labute approximate surface area is 147 Å². The molecule has 1 heterocycles. The van der Waals surface area contributed by atoms with E-state index < -0.39 is 11.7 Å². The zero-order valence-electron chi connectivity index (χ0n) is 13.3. The molecule has 3 rings (SSSR count). The molecule has 24 heavy (non-hydrogen) atoms. The summed E-state index contributed by atoms with van der Waals surface area (Å²) in [6, 6.07) is 7.54. The van der Waals surface area contributed by atoms with Crippen LogP contribution in [0.5, 0.6) is 0 Å². The molecule has 2 nitrogen and oxygen atoms in total. The molecule has 0 aliphatic carbocycles. The molecule has 2 aromatic rings. The zero-order valence-corrected chi connectivity index (χ0v) is 14.8. The summed E-state index contributed by atoms with van der Waals surface area (Å²) < 4.78 is 39.5. The van der Waals surface area contributed by atoms with E-state index in [0.29, 0.717) is 18.7 Å². The van der Waals surface area contributed by atoms with Crippen molar-refractivity contribution in [3.05, 3.63) is 62.6 Å². The monoisotopic (exact) mass is 398 g/mol. The Morgan fingerprint density at radius 2 is 1.96 bits per heavy atom. The number of fused-ring (bicyclic) bond motifs is 1. The predicted octanol–water partition coefficient (Wildman–Crippen LogP) is 4.92. The lowest BCUT2D eigenvalue weighted by Gasteiger charge is -2.31. The van der Waals surface area contributed by atoms with Crippen molar-refractivity contribution in [3.63, 3.8) is 0 Å². The number of nitrogens with two attached hydrogens (primary N) is 1. The third kappa shape index (κ3) is 3.44. The number of aryl methyl sites for hydroxylation is 1. The molecule has 128 valence electrons. The maximum absolute atomic E-state index is 12.8. The van der Waals surface area contributed by atoms with Crippen molar-refractivity contribution < 1.29 is 13.2 Å². The molecule has 1 aliphatic rings. The van der Waals surface area contributed by atoms with E-state index in [1.807, 2.05) is 13.0 Å². The minimum absolute atomic E-state index is 0.490. The van der Waals surface area contributed by atoms with Crippen molar-refractivity contribution in [3.8, 4) is 0 Å². The van der Waals surface area contributed by atoms with Gasteiger partial charge < -0.3 is 5.73 Å². The Morgan fingerprint density at radius 3 is 2.67 bits per heavy atom. The van der Waals surface area contributed by atoms with E-state index in [-0.39, 0.29) is 0 Å². The summed E-state index contributed by atoms with van der Waals surface area (Å²) in [5.74, 6) is 0. The van der Waals surface area contributed by atoms with Gasteiger partial charge in [-0.3, -0.25) is 4.90 Å². The smallest absolute Gasteiger partial charge is 0.398 e. The van der Waals surface area contributed by atoms with Crippen molar-refractivity contribution in [2.24, 2.45) is 0 Å². The number of rotatable bonds is 2. The number of alkyl halides is 3. The first-order valence-electron chi connectivity index (χ1n) is 7.70. The van der Waals surface area contributed by atoms with E-state index >= 15 is 0 Å². The fraction of sp³-hybridized carbons (Fsp3) is 0.333. The zero-order chi connectivity index (χ0) is 17.5. The van der Waals surface area contributed by atoms with Crippen LogP contribution < -0.4 is 5.73 Å². The van der Waals surface area contributed by atoms with Crippen LogP contribution in [0.4, 0.5) is 18.9 Å². The molecule has 0 radical (unpaired) electrons. The van der Waals surface area contributed by atoms with Gasteiger partial charge in [-0.05, 0) is 47.7 Å². The van der Waals surface area contributed by atoms with Gasteiger partial charge in [0, 0.05) is 29.8 Å². The molecule has 1 aliphatic heterocycles. The van der Waals surface area contributed by atoms with Gasteiger partial charge >= 0.3 is 6.18 Å². The van der Waals surface area contributed by atoms with Crippen LogP contribution in [0.25, 0.3) is 0 Å². The average Bonchev–Trinajstić information content (AvgIpc) is 2.52. The Kier molecular flexibility index (Phi) is 4.62. The summed E-state index contributed by atoms with van der Waals surface area (Å²) in [5, 5.41) is 0. The molecule has 0 amide bonds. The van der Waals surface area contributed by atoms with Gasteiger partial charge in [0.05, 0.1) is 5.56 Å². The third-order valence-electron chi connectivity index (χ3n) is 4.47. The van der Waals surface area contributed by atoms with Gasteiger partial charge in [0.15, 0.2) is 0 Å². The highest BCUT2D eigenvalue weighted by molar-refractivity contribution is 9.10. The van der Waals surface area contributed by atoms with Crippen LogP contribution in [0.3, 0.4) is 0 Å². The third-order valence-corrected chi connectivity index (χ3v) is 5.17. The van der Waals surface area contributed by atoms with Crippen molar-refractivity contribution >= 4 is 21.6 Å². The topological polar surface area (TPSA) is 29.3 Å². The molecule has 0 saturated carbocycles. The molecular weight excluding hydrogens is 381 g/mol. The van der Waals surface area contributed by atoms with Crippen molar-refractivity contribution in [2.75, 3.05) is 12.3 Å². The van der Waals surface area contributed by atoms with Crippen LogP contribution >= 0.6 is 15.9 Å². The number of hydrogen-bond donors (Lipinski definition) is 1. The predicted molar refractivity (Wildman–Crippen MR) is 92.6 cm³/mol. The van der Waals surface area contributed by atoms with Gasteiger partial charge in [-0.15, -0.1) is 0 Å². The van der Waals surface area contributed by atoms with E-state index in [9.17, 15) is 13.2 Å². The van der Waals surface area contributed by atoms with Crippen molar-refractivity contribution in [2.45, 2.75) is 32.6 Å². The Morgan fingerprint density at radius 1 is 1.21 bits per heavy atom. The Bertz CT molecular complexity index is 772. The standard InChI is InChI=1S/C18H18BrF3N2/c1-11-7-16(19)15-10-24(6-5-14(15)17(11)23)9-12-3-2-4-13(8-12)18(20,21)22/h2-4,7-8H,5-6,9-10,23H2,1H3. The number of anilines is 1. The maximum Gasteiger partial charge on any atom is 0.416 e. The van der Waals surface area contributed by atoms with Crippen LogP contribution in [0.15, 0.2) is 34.8 Å². The number of nitrogen functional groups attached to an aromatic ring is 1.